The first-order valence-corrected chi connectivity index (χ1v) is 12.0. The van der Waals surface area contributed by atoms with Crippen LogP contribution >= 0.6 is 0 Å². The van der Waals surface area contributed by atoms with Gasteiger partial charge in [-0.1, -0.05) is 42.5 Å². The van der Waals surface area contributed by atoms with Crippen LogP contribution in [0.2, 0.25) is 0 Å². The van der Waals surface area contributed by atoms with Gasteiger partial charge >= 0.3 is 6.03 Å². The summed E-state index contributed by atoms with van der Waals surface area (Å²) in [5, 5.41) is 4.41. The summed E-state index contributed by atoms with van der Waals surface area (Å²) in [6, 6.07) is 23.1. The van der Waals surface area contributed by atoms with E-state index in [0.717, 1.165) is 33.4 Å². The number of carbonyl (C=O) groups excluding carboxylic acids is 3. The van der Waals surface area contributed by atoms with Crippen molar-refractivity contribution in [3.05, 3.63) is 107 Å². The smallest absolute Gasteiger partial charge is 0.335 e. The summed E-state index contributed by atoms with van der Waals surface area (Å²) in [4.78, 5) is 38.8. The monoisotopic (exact) mass is 510 g/mol. The Morgan fingerprint density at radius 1 is 0.842 bits per heavy atom. The van der Waals surface area contributed by atoms with Crippen LogP contribution in [0.4, 0.5) is 14.9 Å². The van der Waals surface area contributed by atoms with Crippen LogP contribution in [0.1, 0.15) is 18.1 Å². The predicted molar refractivity (Wildman–Crippen MR) is 141 cm³/mol. The molecule has 1 aliphatic heterocycles. The molecule has 4 amide bonds. The van der Waals surface area contributed by atoms with Crippen molar-refractivity contribution >= 4 is 40.4 Å². The summed E-state index contributed by atoms with van der Waals surface area (Å²) in [6.07, 6.45) is 1.37. The zero-order valence-corrected chi connectivity index (χ0v) is 20.4. The Morgan fingerprint density at radius 3 is 2.37 bits per heavy atom. The van der Waals surface area contributed by atoms with Gasteiger partial charge in [0.1, 0.15) is 18.0 Å². The van der Waals surface area contributed by atoms with Crippen molar-refractivity contribution in [2.45, 2.75) is 13.5 Å². The second kappa shape index (κ2) is 10.6. The highest BCUT2D eigenvalue weighted by atomic mass is 19.1. The first-order chi connectivity index (χ1) is 18.4. The molecular weight excluding hydrogens is 487 g/mol. The molecule has 5 rings (SSSR count). The number of hydrogen-bond acceptors (Lipinski definition) is 5. The molecule has 0 atom stereocenters. The van der Waals surface area contributed by atoms with E-state index in [1.165, 1.54) is 18.2 Å². The molecule has 1 N–H and O–H groups in total. The molecule has 7 nitrogen and oxygen atoms in total. The van der Waals surface area contributed by atoms with Gasteiger partial charge in [0.25, 0.3) is 11.8 Å². The fourth-order valence-electron chi connectivity index (χ4n) is 4.14. The first-order valence-electron chi connectivity index (χ1n) is 12.0. The molecule has 0 bridgehead atoms. The number of amides is 4. The molecule has 8 heteroatoms. The van der Waals surface area contributed by atoms with Gasteiger partial charge in [-0.15, -0.1) is 0 Å². The van der Waals surface area contributed by atoms with E-state index in [4.69, 9.17) is 9.47 Å². The van der Waals surface area contributed by atoms with Gasteiger partial charge in [-0.25, -0.2) is 14.1 Å². The number of imide groups is 2. The Morgan fingerprint density at radius 2 is 1.61 bits per heavy atom. The number of nitrogens with zero attached hydrogens (tertiary/aromatic N) is 1. The molecular formula is C30H23FN2O5. The van der Waals surface area contributed by atoms with Crippen molar-refractivity contribution in [2.75, 3.05) is 11.5 Å². The summed E-state index contributed by atoms with van der Waals surface area (Å²) in [6.45, 7) is 2.53. The van der Waals surface area contributed by atoms with E-state index >= 15 is 0 Å². The molecule has 0 aromatic heterocycles. The number of rotatable bonds is 7. The van der Waals surface area contributed by atoms with Crippen molar-refractivity contribution < 1.29 is 28.2 Å². The van der Waals surface area contributed by atoms with Crippen LogP contribution in [0.25, 0.3) is 16.8 Å². The van der Waals surface area contributed by atoms with Gasteiger partial charge in [-0.2, -0.15) is 0 Å². The Labute approximate surface area is 218 Å². The van der Waals surface area contributed by atoms with Crippen molar-refractivity contribution in [3.8, 4) is 11.5 Å². The second-order valence-electron chi connectivity index (χ2n) is 8.54. The number of nitrogens with one attached hydrogen (secondary N) is 1. The number of anilines is 1. The van der Waals surface area contributed by atoms with E-state index in [2.05, 4.69) is 11.4 Å². The van der Waals surface area contributed by atoms with E-state index in [1.54, 1.807) is 18.2 Å². The van der Waals surface area contributed by atoms with Crippen LogP contribution in [0.15, 0.2) is 90.5 Å². The zero-order valence-electron chi connectivity index (χ0n) is 20.4. The highest BCUT2D eigenvalue weighted by molar-refractivity contribution is 6.39. The normalized spacial score (nSPS) is 14.6. The lowest BCUT2D eigenvalue weighted by atomic mass is 10.1. The maximum Gasteiger partial charge on any atom is 0.335 e. The van der Waals surface area contributed by atoms with Crippen LogP contribution < -0.4 is 19.7 Å². The van der Waals surface area contributed by atoms with Gasteiger partial charge in [0.15, 0.2) is 11.5 Å². The van der Waals surface area contributed by atoms with Gasteiger partial charge in [0, 0.05) is 0 Å². The summed E-state index contributed by atoms with van der Waals surface area (Å²) < 4.78 is 25.1. The van der Waals surface area contributed by atoms with Gasteiger partial charge in [-0.3, -0.25) is 14.9 Å². The molecule has 0 saturated carbocycles. The summed E-state index contributed by atoms with van der Waals surface area (Å²) in [5.41, 5.74) is 1.38. The minimum Gasteiger partial charge on any atom is -0.490 e. The van der Waals surface area contributed by atoms with Gasteiger partial charge in [0.2, 0.25) is 0 Å². The van der Waals surface area contributed by atoms with Crippen LogP contribution in [0.5, 0.6) is 11.5 Å². The van der Waals surface area contributed by atoms with Crippen molar-refractivity contribution in [1.29, 1.82) is 0 Å². The molecule has 0 aliphatic carbocycles. The number of ether oxygens (including phenoxy) is 2. The minimum absolute atomic E-state index is 0.139. The Balaban J connectivity index is 1.39. The third-order valence-corrected chi connectivity index (χ3v) is 5.97. The van der Waals surface area contributed by atoms with Crippen molar-refractivity contribution in [1.82, 2.24) is 5.32 Å². The fourth-order valence-corrected chi connectivity index (χ4v) is 4.14. The average molecular weight is 511 g/mol. The van der Waals surface area contributed by atoms with Gasteiger partial charge in [0.05, 0.1) is 12.3 Å². The lowest BCUT2D eigenvalue weighted by molar-refractivity contribution is -0.122. The van der Waals surface area contributed by atoms with E-state index in [1.807, 2.05) is 43.3 Å². The molecule has 0 unspecified atom stereocenters. The average Bonchev–Trinajstić information content (AvgIpc) is 2.91. The predicted octanol–water partition coefficient (Wildman–Crippen LogP) is 5.62. The third kappa shape index (κ3) is 5.10. The van der Waals surface area contributed by atoms with Crippen LogP contribution in [-0.2, 0) is 16.2 Å². The number of carbonyl (C=O) groups is 3. The zero-order chi connectivity index (χ0) is 26.6. The maximum atomic E-state index is 13.3. The van der Waals surface area contributed by atoms with Gasteiger partial charge < -0.3 is 9.47 Å². The molecule has 190 valence electrons. The van der Waals surface area contributed by atoms with Crippen molar-refractivity contribution in [3.63, 3.8) is 0 Å². The lowest BCUT2D eigenvalue weighted by Gasteiger charge is -2.26. The second-order valence-corrected chi connectivity index (χ2v) is 8.54. The number of hydrogen-bond donors (Lipinski definition) is 1. The molecule has 0 spiro atoms. The van der Waals surface area contributed by atoms with Gasteiger partial charge in [-0.05, 0) is 77.4 Å². The maximum absolute atomic E-state index is 13.3. The molecule has 1 heterocycles. The minimum atomic E-state index is -0.906. The standard InChI is InChI=1S/C30H23FN2O5/c1-2-37-27-17-19(8-14-26(27)38-18-20-7-9-21-5-3-4-6-22(21)15-20)16-25-28(34)32-30(36)33(29(25)35)24-12-10-23(31)11-13-24/h3-17H,2,18H2,1H3,(H,32,34,36)/b25-16+. The topological polar surface area (TPSA) is 84.9 Å². The van der Waals surface area contributed by atoms with Crippen LogP contribution in [0.3, 0.4) is 0 Å². The highest BCUT2D eigenvalue weighted by Crippen LogP contribution is 2.31. The Hall–Kier alpha value is -4.98. The number of halogens is 1. The summed E-state index contributed by atoms with van der Waals surface area (Å²) in [5.74, 6) is -1.22. The molecule has 38 heavy (non-hydrogen) atoms. The quantitative estimate of drug-likeness (QED) is 0.258. The summed E-state index contributed by atoms with van der Waals surface area (Å²) in [7, 11) is 0. The molecule has 4 aromatic carbocycles. The van der Waals surface area contributed by atoms with E-state index in [0.29, 0.717) is 30.3 Å². The number of urea groups is 1. The lowest BCUT2D eigenvalue weighted by Crippen LogP contribution is -2.54. The number of fused-ring (bicyclic) bond motifs is 1. The fraction of sp³-hybridized carbons (Fsp3) is 0.100. The van der Waals surface area contributed by atoms with E-state index in [-0.39, 0.29) is 11.3 Å². The molecule has 1 aliphatic rings. The van der Waals surface area contributed by atoms with Crippen LogP contribution in [0, 0.1) is 5.82 Å². The Bertz CT molecular complexity index is 1580. The molecule has 4 aromatic rings. The molecule has 1 fully saturated rings. The van der Waals surface area contributed by atoms with Crippen LogP contribution in [-0.4, -0.2) is 24.5 Å². The number of barbiturate groups is 1. The van der Waals surface area contributed by atoms with E-state index in [9.17, 15) is 18.8 Å². The molecule has 1 saturated heterocycles. The highest BCUT2D eigenvalue weighted by Gasteiger charge is 2.36. The third-order valence-electron chi connectivity index (χ3n) is 5.97. The Kier molecular flexibility index (Phi) is 6.86. The summed E-state index contributed by atoms with van der Waals surface area (Å²) >= 11 is 0. The molecule has 0 radical (unpaired) electrons. The first kappa shape index (κ1) is 24.7. The van der Waals surface area contributed by atoms with E-state index < -0.39 is 23.7 Å². The number of benzene rings is 4. The van der Waals surface area contributed by atoms with Crippen molar-refractivity contribution in [2.24, 2.45) is 0 Å². The largest absolute Gasteiger partial charge is 0.490 e. The SMILES string of the molecule is CCOc1cc(/C=C2\C(=O)NC(=O)N(c3ccc(F)cc3)C2=O)ccc1OCc1ccc2ccccc2c1.